The summed E-state index contributed by atoms with van der Waals surface area (Å²) in [6.45, 7) is 7.25. The lowest BCUT2D eigenvalue weighted by Crippen LogP contribution is -2.25. The van der Waals surface area contributed by atoms with Gasteiger partial charge < -0.3 is 15.2 Å². The normalized spacial score (nSPS) is 11.2. The molecule has 0 aliphatic carbocycles. The highest BCUT2D eigenvalue weighted by atomic mass is 35.5. The molecule has 0 saturated carbocycles. The predicted octanol–water partition coefficient (Wildman–Crippen LogP) is 2.86. The maximum absolute atomic E-state index is 5.99. The van der Waals surface area contributed by atoms with Crippen molar-refractivity contribution in [3.63, 3.8) is 0 Å². The molecule has 0 radical (unpaired) electrons. The second-order valence-electron chi connectivity index (χ2n) is 4.53. The Morgan fingerprint density at radius 2 is 2.05 bits per heavy atom. The average Bonchev–Trinajstić information content (AvgIpc) is 2.92. The van der Waals surface area contributed by atoms with E-state index in [0.29, 0.717) is 22.4 Å². The van der Waals surface area contributed by atoms with Gasteiger partial charge in [-0.05, 0) is 31.3 Å². The van der Waals surface area contributed by atoms with Crippen LogP contribution in [0.3, 0.4) is 0 Å². The van der Waals surface area contributed by atoms with Crippen LogP contribution < -0.4 is 5.73 Å². The van der Waals surface area contributed by atoms with Crippen LogP contribution in [-0.2, 0) is 6.42 Å². The van der Waals surface area contributed by atoms with Crippen LogP contribution in [0.1, 0.15) is 19.7 Å². The predicted molar refractivity (Wildman–Crippen MR) is 80.6 cm³/mol. The van der Waals surface area contributed by atoms with E-state index >= 15 is 0 Å². The van der Waals surface area contributed by atoms with Crippen LogP contribution in [0.4, 0.5) is 5.69 Å². The Hall–Kier alpha value is -1.59. The average molecular weight is 295 g/mol. The Labute approximate surface area is 123 Å². The number of rotatable bonds is 6. The largest absolute Gasteiger partial charge is 0.398 e. The van der Waals surface area contributed by atoms with Crippen molar-refractivity contribution < 1.29 is 4.52 Å². The molecule has 5 nitrogen and oxygen atoms in total. The lowest BCUT2D eigenvalue weighted by molar-refractivity contribution is 0.303. The number of nitrogens with two attached hydrogens (primary N) is 1. The first-order valence-electron chi connectivity index (χ1n) is 6.74. The summed E-state index contributed by atoms with van der Waals surface area (Å²) in [5, 5.41) is 4.49. The van der Waals surface area contributed by atoms with Gasteiger partial charge in [-0.2, -0.15) is 4.98 Å². The first kappa shape index (κ1) is 14.8. The van der Waals surface area contributed by atoms with Gasteiger partial charge in [-0.25, -0.2) is 0 Å². The number of nitrogens with zero attached hydrogens (tertiary/aromatic N) is 3. The third-order valence-electron chi connectivity index (χ3n) is 3.26. The second-order valence-corrected chi connectivity index (χ2v) is 4.94. The van der Waals surface area contributed by atoms with Crippen LogP contribution >= 0.6 is 11.6 Å². The van der Waals surface area contributed by atoms with E-state index in [0.717, 1.165) is 31.6 Å². The molecule has 1 aromatic heterocycles. The first-order chi connectivity index (χ1) is 9.63. The van der Waals surface area contributed by atoms with Crippen molar-refractivity contribution in [3.8, 4) is 11.5 Å². The van der Waals surface area contributed by atoms with Crippen LogP contribution in [0.5, 0.6) is 0 Å². The van der Waals surface area contributed by atoms with Crippen molar-refractivity contribution in [1.82, 2.24) is 15.0 Å². The van der Waals surface area contributed by atoms with Gasteiger partial charge in [-0.3, -0.25) is 0 Å². The molecule has 0 atom stereocenters. The molecule has 2 N–H and O–H groups in total. The van der Waals surface area contributed by atoms with E-state index in [9.17, 15) is 0 Å². The van der Waals surface area contributed by atoms with Crippen molar-refractivity contribution in [3.05, 3.63) is 29.0 Å². The number of likely N-dealkylation sites (N-methyl/N-ethyl adjacent to an activating group) is 1. The van der Waals surface area contributed by atoms with E-state index in [1.165, 1.54) is 0 Å². The fourth-order valence-corrected chi connectivity index (χ4v) is 2.11. The topological polar surface area (TPSA) is 68.2 Å². The number of hydrogen-bond acceptors (Lipinski definition) is 5. The Morgan fingerprint density at radius 1 is 1.30 bits per heavy atom. The maximum atomic E-state index is 5.99. The molecule has 0 fully saturated rings. The molecule has 0 spiro atoms. The highest BCUT2D eigenvalue weighted by Gasteiger charge is 2.11. The molecule has 1 heterocycles. The summed E-state index contributed by atoms with van der Waals surface area (Å²) in [4.78, 5) is 6.70. The molecule has 0 aliphatic rings. The van der Waals surface area contributed by atoms with Crippen molar-refractivity contribution in [2.24, 2.45) is 0 Å². The summed E-state index contributed by atoms with van der Waals surface area (Å²) in [6, 6.07) is 5.29. The van der Waals surface area contributed by atoms with E-state index in [1.54, 1.807) is 12.1 Å². The molecule has 0 unspecified atom stereocenters. The summed E-state index contributed by atoms with van der Waals surface area (Å²) in [5.74, 6) is 1.18. The Morgan fingerprint density at radius 3 is 2.70 bits per heavy atom. The van der Waals surface area contributed by atoms with Crippen molar-refractivity contribution in [1.29, 1.82) is 0 Å². The molecule has 0 saturated heterocycles. The zero-order valence-electron chi connectivity index (χ0n) is 11.8. The van der Waals surface area contributed by atoms with Crippen LogP contribution in [-0.4, -0.2) is 34.7 Å². The minimum Gasteiger partial charge on any atom is -0.398 e. The number of halogens is 1. The maximum Gasteiger partial charge on any atom is 0.257 e. The SMILES string of the molecule is CCN(CC)CCc1noc(-c2ccc(N)c(Cl)c2)n1. The summed E-state index contributed by atoms with van der Waals surface area (Å²) < 4.78 is 5.27. The van der Waals surface area contributed by atoms with Crippen molar-refractivity contribution >= 4 is 17.3 Å². The van der Waals surface area contributed by atoms with Gasteiger partial charge in [-0.15, -0.1) is 0 Å². The van der Waals surface area contributed by atoms with E-state index in [2.05, 4.69) is 28.9 Å². The van der Waals surface area contributed by atoms with Gasteiger partial charge in [0.05, 0.1) is 10.7 Å². The highest BCUT2D eigenvalue weighted by Crippen LogP contribution is 2.25. The number of aromatic nitrogens is 2. The van der Waals surface area contributed by atoms with Gasteiger partial charge in [-0.1, -0.05) is 30.6 Å². The zero-order chi connectivity index (χ0) is 14.5. The number of benzene rings is 1. The van der Waals surface area contributed by atoms with E-state index in [-0.39, 0.29) is 0 Å². The molecule has 108 valence electrons. The molecule has 2 aromatic rings. The summed E-state index contributed by atoms with van der Waals surface area (Å²) in [7, 11) is 0. The van der Waals surface area contributed by atoms with E-state index in [1.807, 2.05) is 6.07 Å². The Bertz CT molecular complexity index is 566. The number of hydrogen-bond donors (Lipinski definition) is 1. The second kappa shape index (κ2) is 6.72. The third kappa shape index (κ3) is 3.49. The molecule has 0 aliphatic heterocycles. The molecular formula is C14H19ClN4O. The molecule has 0 bridgehead atoms. The Balaban J connectivity index is 2.06. The monoisotopic (exact) mass is 294 g/mol. The third-order valence-corrected chi connectivity index (χ3v) is 3.59. The van der Waals surface area contributed by atoms with E-state index < -0.39 is 0 Å². The Kier molecular flexibility index (Phi) is 4.98. The number of nitrogen functional groups attached to an aromatic ring is 1. The van der Waals surface area contributed by atoms with Gasteiger partial charge in [0.25, 0.3) is 5.89 Å². The van der Waals surface area contributed by atoms with Crippen molar-refractivity contribution in [2.75, 3.05) is 25.4 Å². The quantitative estimate of drug-likeness (QED) is 0.830. The van der Waals surface area contributed by atoms with Crippen LogP contribution in [0, 0.1) is 0 Å². The van der Waals surface area contributed by atoms with Gasteiger partial charge in [0.2, 0.25) is 0 Å². The van der Waals surface area contributed by atoms with Gasteiger partial charge >= 0.3 is 0 Å². The molecule has 2 rings (SSSR count). The summed E-state index contributed by atoms with van der Waals surface area (Å²) >= 11 is 5.99. The van der Waals surface area contributed by atoms with Gasteiger partial charge in [0.1, 0.15) is 0 Å². The van der Waals surface area contributed by atoms with Gasteiger partial charge in [0.15, 0.2) is 5.82 Å². The molecule has 1 aromatic carbocycles. The fraction of sp³-hybridized carbons (Fsp3) is 0.429. The molecule has 20 heavy (non-hydrogen) atoms. The lowest BCUT2D eigenvalue weighted by atomic mass is 10.2. The number of anilines is 1. The summed E-state index contributed by atoms with van der Waals surface area (Å²) in [6.07, 6.45) is 0.772. The smallest absolute Gasteiger partial charge is 0.257 e. The van der Waals surface area contributed by atoms with Crippen LogP contribution in [0.15, 0.2) is 22.7 Å². The van der Waals surface area contributed by atoms with Gasteiger partial charge in [0, 0.05) is 18.5 Å². The van der Waals surface area contributed by atoms with Crippen LogP contribution in [0.25, 0.3) is 11.5 Å². The van der Waals surface area contributed by atoms with Crippen molar-refractivity contribution in [2.45, 2.75) is 20.3 Å². The summed E-state index contributed by atoms with van der Waals surface area (Å²) in [5.41, 5.74) is 7.00. The first-order valence-corrected chi connectivity index (χ1v) is 7.12. The minimum absolute atomic E-state index is 0.474. The molecule has 6 heteroatoms. The zero-order valence-corrected chi connectivity index (χ0v) is 12.5. The minimum atomic E-state index is 0.474. The highest BCUT2D eigenvalue weighted by molar-refractivity contribution is 6.33. The molecule has 0 amide bonds. The van der Waals surface area contributed by atoms with Crippen LogP contribution in [0.2, 0.25) is 5.02 Å². The molecular weight excluding hydrogens is 276 g/mol. The standard InChI is InChI=1S/C14H19ClN4O/c1-3-19(4-2)8-7-13-17-14(20-18-13)10-5-6-12(16)11(15)9-10/h5-6,9H,3-4,7-8,16H2,1-2H3. The lowest BCUT2D eigenvalue weighted by Gasteiger charge is -2.16. The fourth-order valence-electron chi connectivity index (χ4n) is 1.93. The van der Waals surface area contributed by atoms with E-state index in [4.69, 9.17) is 21.9 Å².